The number of amides is 1. The number of halogens is 1. The Kier molecular flexibility index (Phi) is 6.92. The number of methoxy groups -OCH3 is 1. The summed E-state index contributed by atoms with van der Waals surface area (Å²) in [5, 5.41) is 6.53. The summed E-state index contributed by atoms with van der Waals surface area (Å²) in [6, 6.07) is 7.54. The Morgan fingerprint density at radius 1 is 1.59 bits per heavy atom. The van der Waals surface area contributed by atoms with Crippen LogP contribution in [0.1, 0.15) is 11.7 Å². The average molecular weight is 329 g/mol. The van der Waals surface area contributed by atoms with Crippen LogP contribution in [0.15, 0.2) is 24.3 Å². The van der Waals surface area contributed by atoms with Crippen LogP contribution >= 0.6 is 11.6 Å². The van der Waals surface area contributed by atoms with Gasteiger partial charge in [0, 0.05) is 24.7 Å². The molecule has 2 rings (SSSR count). The van der Waals surface area contributed by atoms with E-state index < -0.39 is 6.09 Å². The monoisotopic (exact) mass is 328 g/mol. The van der Waals surface area contributed by atoms with Gasteiger partial charge in [0.15, 0.2) is 0 Å². The van der Waals surface area contributed by atoms with Crippen LogP contribution in [-0.2, 0) is 14.2 Å². The molecule has 2 atom stereocenters. The Hall–Kier alpha value is -1.34. The zero-order chi connectivity index (χ0) is 15.8. The van der Waals surface area contributed by atoms with E-state index in [0.29, 0.717) is 31.3 Å². The molecule has 1 aliphatic rings. The fourth-order valence-electron chi connectivity index (χ4n) is 2.29. The fourth-order valence-corrected chi connectivity index (χ4v) is 2.49. The Morgan fingerprint density at radius 2 is 2.45 bits per heavy atom. The molecule has 0 radical (unpaired) electrons. The molecule has 1 aliphatic heterocycles. The maximum absolute atomic E-state index is 11.0. The van der Waals surface area contributed by atoms with E-state index in [-0.39, 0.29) is 12.2 Å². The molecule has 0 saturated carbocycles. The van der Waals surface area contributed by atoms with E-state index in [4.69, 9.17) is 21.1 Å². The lowest BCUT2D eigenvalue weighted by molar-refractivity contribution is -0.0852. The Balaban J connectivity index is 1.97. The third-order valence-electron chi connectivity index (χ3n) is 3.33. The summed E-state index contributed by atoms with van der Waals surface area (Å²) in [5.41, 5.74) is 0.958. The largest absolute Gasteiger partial charge is 0.453 e. The van der Waals surface area contributed by atoms with Gasteiger partial charge in [0.05, 0.1) is 20.3 Å². The minimum absolute atomic E-state index is 0.0923. The topological polar surface area (TPSA) is 68.8 Å². The van der Waals surface area contributed by atoms with Gasteiger partial charge in [-0.1, -0.05) is 23.7 Å². The summed E-state index contributed by atoms with van der Waals surface area (Å²) < 4.78 is 16.2. The number of morpholine rings is 1. The van der Waals surface area contributed by atoms with Crippen molar-refractivity contribution in [3.63, 3.8) is 0 Å². The van der Waals surface area contributed by atoms with E-state index in [2.05, 4.69) is 15.4 Å². The fraction of sp³-hybridized carbons (Fsp3) is 0.533. The summed E-state index contributed by atoms with van der Waals surface area (Å²) in [5.74, 6) is 0. The third kappa shape index (κ3) is 5.14. The molecule has 1 aromatic carbocycles. The minimum Gasteiger partial charge on any atom is -0.453 e. The summed E-state index contributed by atoms with van der Waals surface area (Å²) in [4.78, 5) is 11.0. The van der Waals surface area contributed by atoms with Crippen molar-refractivity contribution >= 4 is 17.7 Å². The molecule has 0 aliphatic carbocycles. The van der Waals surface area contributed by atoms with Gasteiger partial charge in [-0.3, -0.25) is 0 Å². The number of benzene rings is 1. The molecule has 2 unspecified atom stereocenters. The summed E-state index contributed by atoms with van der Waals surface area (Å²) in [7, 11) is 1.33. The highest BCUT2D eigenvalue weighted by atomic mass is 35.5. The molecule has 22 heavy (non-hydrogen) atoms. The van der Waals surface area contributed by atoms with Crippen molar-refractivity contribution in [3.05, 3.63) is 34.9 Å². The maximum atomic E-state index is 11.0. The molecule has 7 heteroatoms. The normalized spacial score (nSPS) is 19.5. The van der Waals surface area contributed by atoms with Crippen molar-refractivity contribution in [1.29, 1.82) is 0 Å². The van der Waals surface area contributed by atoms with Crippen LogP contribution in [0.3, 0.4) is 0 Å². The van der Waals surface area contributed by atoms with E-state index in [1.807, 2.05) is 24.3 Å². The van der Waals surface area contributed by atoms with Crippen LogP contribution in [0.25, 0.3) is 0 Å². The number of carbonyl (C=O) groups is 1. The molecule has 1 saturated heterocycles. The Labute approximate surface area is 135 Å². The van der Waals surface area contributed by atoms with Gasteiger partial charge >= 0.3 is 6.09 Å². The molecule has 0 bridgehead atoms. The molecule has 0 spiro atoms. The lowest BCUT2D eigenvalue weighted by Gasteiger charge is -2.31. The highest BCUT2D eigenvalue weighted by Crippen LogP contribution is 2.26. The second-order valence-electron chi connectivity index (χ2n) is 4.88. The average Bonchev–Trinajstić information content (AvgIpc) is 2.55. The SMILES string of the molecule is COC(=O)NCCOC(c1cccc(Cl)c1)C1CNCCO1. The molecule has 122 valence electrons. The maximum Gasteiger partial charge on any atom is 0.406 e. The van der Waals surface area contributed by atoms with E-state index in [1.165, 1.54) is 7.11 Å². The van der Waals surface area contributed by atoms with Gasteiger partial charge < -0.3 is 24.8 Å². The number of carbonyl (C=O) groups excluding carboxylic acids is 1. The standard InChI is InChI=1S/C15H21ClN2O4/c1-20-15(19)18-6-8-22-14(13-10-17-5-7-21-13)11-3-2-4-12(16)9-11/h2-4,9,13-14,17H,5-8,10H2,1H3,(H,18,19). The predicted molar refractivity (Wildman–Crippen MR) is 83.2 cm³/mol. The number of hydrogen-bond donors (Lipinski definition) is 2. The summed E-state index contributed by atoms with van der Waals surface area (Å²) in [6.07, 6.45) is -0.810. The van der Waals surface area contributed by atoms with Crippen LogP contribution in [0.4, 0.5) is 4.79 Å². The van der Waals surface area contributed by atoms with Crippen molar-refractivity contribution in [3.8, 4) is 0 Å². The number of rotatable bonds is 6. The van der Waals surface area contributed by atoms with Crippen LogP contribution in [-0.4, -0.2) is 52.2 Å². The molecule has 0 aromatic heterocycles. The van der Waals surface area contributed by atoms with Gasteiger partial charge in [-0.05, 0) is 17.7 Å². The van der Waals surface area contributed by atoms with Crippen molar-refractivity contribution in [2.75, 3.05) is 40.0 Å². The smallest absolute Gasteiger partial charge is 0.406 e. The van der Waals surface area contributed by atoms with Crippen molar-refractivity contribution < 1.29 is 19.0 Å². The van der Waals surface area contributed by atoms with E-state index in [0.717, 1.165) is 12.1 Å². The Bertz CT molecular complexity index is 480. The quantitative estimate of drug-likeness (QED) is 0.779. The minimum atomic E-state index is -0.474. The highest BCUT2D eigenvalue weighted by molar-refractivity contribution is 6.30. The number of alkyl carbamates (subject to hydrolysis) is 1. The number of nitrogens with one attached hydrogen (secondary N) is 2. The van der Waals surface area contributed by atoms with Crippen LogP contribution in [0.2, 0.25) is 5.02 Å². The molecule has 1 amide bonds. The van der Waals surface area contributed by atoms with Crippen LogP contribution in [0.5, 0.6) is 0 Å². The zero-order valence-corrected chi connectivity index (χ0v) is 13.3. The number of hydrogen-bond acceptors (Lipinski definition) is 5. The van der Waals surface area contributed by atoms with Gasteiger partial charge in [0.2, 0.25) is 0 Å². The first-order valence-electron chi connectivity index (χ1n) is 7.22. The lowest BCUT2D eigenvalue weighted by atomic mass is 10.0. The Morgan fingerprint density at radius 3 is 3.14 bits per heavy atom. The van der Waals surface area contributed by atoms with Crippen molar-refractivity contribution in [1.82, 2.24) is 10.6 Å². The lowest BCUT2D eigenvalue weighted by Crippen LogP contribution is -2.43. The summed E-state index contributed by atoms with van der Waals surface area (Å²) >= 11 is 6.06. The summed E-state index contributed by atoms with van der Waals surface area (Å²) in [6.45, 7) is 2.91. The second-order valence-corrected chi connectivity index (χ2v) is 5.31. The number of ether oxygens (including phenoxy) is 3. The molecule has 1 fully saturated rings. The van der Waals surface area contributed by atoms with Crippen molar-refractivity contribution in [2.45, 2.75) is 12.2 Å². The van der Waals surface area contributed by atoms with Crippen molar-refractivity contribution in [2.24, 2.45) is 0 Å². The first-order valence-corrected chi connectivity index (χ1v) is 7.59. The molecule has 2 N–H and O–H groups in total. The predicted octanol–water partition coefficient (Wildman–Crippen LogP) is 1.74. The van der Waals surface area contributed by atoms with Crippen LogP contribution in [0, 0.1) is 0 Å². The van der Waals surface area contributed by atoms with E-state index >= 15 is 0 Å². The van der Waals surface area contributed by atoms with Gasteiger partial charge in [-0.15, -0.1) is 0 Å². The van der Waals surface area contributed by atoms with Gasteiger partial charge in [-0.2, -0.15) is 0 Å². The molecule has 1 aromatic rings. The van der Waals surface area contributed by atoms with Gasteiger partial charge in [-0.25, -0.2) is 4.79 Å². The second kappa shape index (κ2) is 8.95. The first kappa shape index (κ1) is 17.0. The van der Waals surface area contributed by atoms with Gasteiger partial charge in [0.25, 0.3) is 0 Å². The first-order chi connectivity index (χ1) is 10.7. The van der Waals surface area contributed by atoms with E-state index in [9.17, 15) is 4.79 Å². The molecular formula is C15H21ClN2O4. The molecule has 6 nitrogen and oxygen atoms in total. The van der Waals surface area contributed by atoms with Gasteiger partial charge in [0.1, 0.15) is 12.2 Å². The molecule has 1 heterocycles. The van der Waals surface area contributed by atoms with E-state index in [1.54, 1.807) is 0 Å². The zero-order valence-electron chi connectivity index (χ0n) is 12.5. The third-order valence-corrected chi connectivity index (χ3v) is 3.56. The molecular weight excluding hydrogens is 308 g/mol. The highest BCUT2D eigenvalue weighted by Gasteiger charge is 2.26. The van der Waals surface area contributed by atoms with Crippen LogP contribution < -0.4 is 10.6 Å².